The van der Waals surface area contributed by atoms with E-state index in [1.165, 1.54) is 5.69 Å². The summed E-state index contributed by atoms with van der Waals surface area (Å²) < 4.78 is 2.02. The molecule has 18 heavy (non-hydrogen) atoms. The van der Waals surface area contributed by atoms with Crippen molar-refractivity contribution in [3.8, 4) is 0 Å². The fraction of sp³-hybridized carbons (Fsp3) is 0.692. The Morgan fingerprint density at radius 3 is 3.06 bits per heavy atom. The maximum absolute atomic E-state index is 12.1. The van der Waals surface area contributed by atoms with Gasteiger partial charge in [-0.05, 0) is 32.7 Å². The van der Waals surface area contributed by atoms with Crippen LogP contribution in [-0.4, -0.2) is 34.6 Å². The summed E-state index contributed by atoms with van der Waals surface area (Å²) in [5.41, 5.74) is 1.18. The summed E-state index contributed by atoms with van der Waals surface area (Å²) in [6.45, 7) is 3.99. The summed E-state index contributed by atoms with van der Waals surface area (Å²) in [7, 11) is 0. The molecule has 2 aliphatic rings. The predicted octanol–water partition coefficient (Wildman–Crippen LogP) is 0.800. The number of nitrogens with one attached hydrogen (secondary N) is 2. The molecule has 1 aliphatic heterocycles. The summed E-state index contributed by atoms with van der Waals surface area (Å²) in [5, 5.41) is 6.41. The molecular weight excluding hydrogens is 228 g/mol. The Morgan fingerprint density at radius 1 is 1.56 bits per heavy atom. The lowest BCUT2D eigenvalue weighted by Crippen LogP contribution is -2.33. The van der Waals surface area contributed by atoms with Crippen LogP contribution in [0.25, 0.3) is 0 Å². The highest BCUT2D eigenvalue weighted by atomic mass is 16.2. The highest BCUT2D eigenvalue weighted by Gasteiger charge is 2.28. The molecule has 0 bridgehead atoms. The lowest BCUT2D eigenvalue weighted by atomic mass is 10.1. The summed E-state index contributed by atoms with van der Waals surface area (Å²) in [6.07, 6.45) is 7.07. The normalized spacial score (nSPS) is 25.1. The lowest BCUT2D eigenvalue weighted by Gasteiger charge is -2.18. The molecule has 1 amide bonds. The van der Waals surface area contributed by atoms with E-state index in [-0.39, 0.29) is 11.9 Å². The minimum Gasteiger partial charge on any atom is -0.352 e. The molecule has 2 heterocycles. The molecule has 5 nitrogen and oxygen atoms in total. The third-order valence-corrected chi connectivity index (χ3v) is 3.90. The third kappa shape index (κ3) is 2.27. The van der Waals surface area contributed by atoms with Crippen molar-refractivity contribution in [2.45, 2.75) is 44.2 Å². The van der Waals surface area contributed by atoms with Crippen molar-refractivity contribution in [1.29, 1.82) is 0 Å². The van der Waals surface area contributed by atoms with Gasteiger partial charge in [-0.2, -0.15) is 0 Å². The van der Waals surface area contributed by atoms with E-state index >= 15 is 0 Å². The van der Waals surface area contributed by atoms with Crippen molar-refractivity contribution in [1.82, 2.24) is 20.2 Å². The fourth-order valence-corrected chi connectivity index (χ4v) is 2.54. The Hall–Kier alpha value is -1.36. The van der Waals surface area contributed by atoms with E-state index in [1.54, 1.807) is 6.33 Å². The van der Waals surface area contributed by atoms with E-state index in [4.69, 9.17) is 0 Å². The Bertz CT molecular complexity index is 432. The number of carbonyl (C=O) groups excluding carboxylic acids is 1. The van der Waals surface area contributed by atoms with Crippen LogP contribution in [0.15, 0.2) is 12.5 Å². The van der Waals surface area contributed by atoms with E-state index in [0.29, 0.717) is 12.0 Å². The average molecular weight is 248 g/mol. The average Bonchev–Trinajstić information content (AvgIpc) is 2.88. The van der Waals surface area contributed by atoms with Crippen LogP contribution in [0.3, 0.4) is 0 Å². The number of aromatic nitrogens is 2. The molecule has 3 rings (SSSR count). The van der Waals surface area contributed by atoms with Crippen molar-refractivity contribution >= 4 is 5.91 Å². The predicted molar refractivity (Wildman–Crippen MR) is 68.3 cm³/mol. The maximum Gasteiger partial charge on any atom is 0.243 e. The Labute approximate surface area is 107 Å². The van der Waals surface area contributed by atoms with Crippen LogP contribution >= 0.6 is 0 Å². The molecule has 2 atom stereocenters. The van der Waals surface area contributed by atoms with Crippen LogP contribution in [0, 0.1) is 0 Å². The van der Waals surface area contributed by atoms with Crippen molar-refractivity contribution in [2.75, 3.05) is 13.1 Å². The van der Waals surface area contributed by atoms with E-state index in [1.807, 2.05) is 17.7 Å². The second kappa shape index (κ2) is 4.72. The van der Waals surface area contributed by atoms with Gasteiger partial charge in [-0.3, -0.25) is 4.79 Å². The van der Waals surface area contributed by atoms with Gasteiger partial charge >= 0.3 is 0 Å². The van der Waals surface area contributed by atoms with Gasteiger partial charge in [0.05, 0.1) is 6.33 Å². The molecule has 2 fully saturated rings. The number of carbonyl (C=O) groups is 1. The maximum atomic E-state index is 12.1. The molecule has 0 aromatic carbocycles. The monoisotopic (exact) mass is 248 g/mol. The molecule has 1 saturated carbocycles. The zero-order valence-corrected chi connectivity index (χ0v) is 10.7. The van der Waals surface area contributed by atoms with Crippen molar-refractivity contribution in [3.63, 3.8) is 0 Å². The van der Waals surface area contributed by atoms with Gasteiger partial charge in [0.1, 0.15) is 6.04 Å². The first-order chi connectivity index (χ1) is 8.75. The number of nitrogens with zero attached hydrogens (tertiary/aromatic N) is 2. The summed E-state index contributed by atoms with van der Waals surface area (Å²) in [5.74, 6) is 0.603. The van der Waals surface area contributed by atoms with E-state index in [2.05, 4.69) is 15.6 Å². The molecule has 5 heteroatoms. The Morgan fingerprint density at radius 2 is 2.39 bits per heavy atom. The Balaban J connectivity index is 1.73. The second-order valence-corrected chi connectivity index (χ2v) is 5.37. The van der Waals surface area contributed by atoms with Crippen LogP contribution in [0.4, 0.5) is 0 Å². The molecule has 98 valence electrons. The number of rotatable bonds is 4. The van der Waals surface area contributed by atoms with Crippen molar-refractivity contribution < 1.29 is 4.79 Å². The van der Waals surface area contributed by atoms with Crippen LogP contribution in [0.2, 0.25) is 0 Å². The minimum absolute atomic E-state index is 0.114. The van der Waals surface area contributed by atoms with Gasteiger partial charge in [-0.15, -0.1) is 0 Å². The first-order valence-corrected chi connectivity index (χ1v) is 6.78. The number of hydrogen-bond donors (Lipinski definition) is 2. The highest BCUT2D eigenvalue weighted by Crippen LogP contribution is 2.25. The summed E-state index contributed by atoms with van der Waals surface area (Å²) in [4.78, 5) is 16.3. The molecule has 0 radical (unpaired) electrons. The second-order valence-electron chi connectivity index (χ2n) is 5.37. The number of amides is 1. The molecule has 0 spiro atoms. The molecule has 1 saturated heterocycles. The van der Waals surface area contributed by atoms with Gasteiger partial charge in [0, 0.05) is 30.4 Å². The fourth-order valence-electron chi connectivity index (χ4n) is 2.54. The molecule has 1 aromatic rings. The molecule has 2 N–H and O–H groups in total. The van der Waals surface area contributed by atoms with Crippen LogP contribution in [0.1, 0.15) is 43.8 Å². The van der Waals surface area contributed by atoms with E-state index in [0.717, 1.165) is 32.4 Å². The number of imidazole rings is 1. The molecular formula is C13H20N4O. The first kappa shape index (κ1) is 11.7. The van der Waals surface area contributed by atoms with Gasteiger partial charge in [0.2, 0.25) is 5.91 Å². The molecule has 2 unspecified atom stereocenters. The van der Waals surface area contributed by atoms with Gasteiger partial charge in [-0.1, -0.05) is 0 Å². The van der Waals surface area contributed by atoms with Gasteiger partial charge in [0.15, 0.2) is 0 Å². The van der Waals surface area contributed by atoms with Gasteiger partial charge in [0.25, 0.3) is 0 Å². The smallest absolute Gasteiger partial charge is 0.243 e. The zero-order valence-electron chi connectivity index (χ0n) is 10.7. The largest absolute Gasteiger partial charge is 0.352 e. The zero-order chi connectivity index (χ0) is 12.5. The van der Waals surface area contributed by atoms with E-state index in [9.17, 15) is 4.79 Å². The standard InChI is InChI=1S/C13H20N4O/c1-9(13(18)16-11-2-3-11)17-8-15-7-12(17)10-4-5-14-6-10/h7-11,14H,2-6H2,1H3,(H,16,18). The van der Waals surface area contributed by atoms with Crippen LogP contribution in [0.5, 0.6) is 0 Å². The minimum atomic E-state index is -0.163. The van der Waals surface area contributed by atoms with E-state index < -0.39 is 0 Å². The first-order valence-electron chi connectivity index (χ1n) is 6.78. The number of hydrogen-bond acceptors (Lipinski definition) is 3. The highest BCUT2D eigenvalue weighted by molar-refractivity contribution is 5.80. The summed E-state index contributed by atoms with van der Waals surface area (Å²) in [6, 6.07) is 0.253. The molecule has 1 aromatic heterocycles. The topological polar surface area (TPSA) is 59.0 Å². The quantitative estimate of drug-likeness (QED) is 0.828. The lowest BCUT2D eigenvalue weighted by molar-refractivity contribution is -0.124. The SMILES string of the molecule is CC(C(=O)NC1CC1)n1cncc1C1CCNC1. The van der Waals surface area contributed by atoms with Crippen LogP contribution in [-0.2, 0) is 4.79 Å². The van der Waals surface area contributed by atoms with Crippen molar-refractivity contribution in [3.05, 3.63) is 18.2 Å². The third-order valence-electron chi connectivity index (χ3n) is 3.90. The summed E-state index contributed by atoms with van der Waals surface area (Å²) >= 11 is 0. The van der Waals surface area contributed by atoms with Crippen molar-refractivity contribution in [2.24, 2.45) is 0 Å². The van der Waals surface area contributed by atoms with Crippen LogP contribution < -0.4 is 10.6 Å². The van der Waals surface area contributed by atoms with Gasteiger partial charge < -0.3 is 15.2 Å². The Kier molecular flexibility index (Phi) is 3.07. The molecule has 1 aliphatic carbocycles. The van der Waals surface area contributed by atoms with Gasteiger partial charge in [-0.25, -0.2) is 4.98 Å².